The van der Waals surface area contributed by atoms with Crippen LogP contribution in [-0.4, -0.2) is 41.4 Å². The highest BCUT2D eigenvalue weighted by Crippen LogP contribution is 2.32. The first-order valence-electron chi connectivity index (χ1n) is 7.83. The fraction of sp³-hybridized carbons (Fsp3) is 0.812. The molecule has 0 aliphatic rings. The first-order chi connectivity index (χ1) is 9.81. The Hall–Kier alpha value is -1.07. The van der Waals surface area contributed by atoms with Crippen molar-refractivity contribution in [3.63, 3.8) is 0 Å². The lowest BCUT2D eigenvalue weighted by atomic mass is 10.0. The van der Waals surface area contributed by atoms with E-state index in [0.29, 0.717) is 18.4 Å². The first kappa shape index (κ1) is 18.0. The maximum Gasteiger partial charge on any atom is 0.216 e. The van der Waals surface area contributed by atoms with E-state index < -0.39 is 0 Å². The molecule has 0 bridgehead atoms. The molecule has 1 unspecified atom stereocenters. The maximum absolute atomic E-state index is 6.12. The van der Waals surface area contributed by atoms with Crippen molar-refractivity contribution < 1.29 is 4.74 Å². The van der Waals surface area contributed by atoms with Gasteiger partial charge in [0.25, 0.3) is 0 Å². The molecule has 0 saturated heterocycles. The molecule has 1 rings (SSSR count). The molecular formula is C16H32N4O. The monoisotopic (exact) mass is 296 g/mol. The number of methoxy groups -OCH3 is 1. The van der Waals surface area contributed by atoms with Crippen LogP contribution < -0.4 is 10.5 Å². The molecule has 0 radical (unpaired) electrons. The van der Waals surface area contributed by atoms with Crippen molar-refractivity contribution >= 4 is 0 Å². The highest BCUT2D eigenvalue weighted by Gasteiger charge is 2.28. The molecular weight excluding hydrogens is 264 g/mol. The van der Waals surface area contributed by atoms with Crippen LogP contribution >= 0.6 is 0 Å². The molecule has 0 aromatic carbocycles. The van der Waals surface area contributed by atoms with E-state index in [0.717, 1.165) is 30.2 Å². The van der Waals surface area contributed by atoms with E-state index in [1.807, 2.05) is 14.0 Å². The molecule has 0 fully saturated rings. The molecule has 0 aliphatic carbocycles. The van der Waals surface area contributed by atoms with Crippen LogP contribution in [0.3, 0.4) is 0 Å². The average Bonchev–Trinajstić information content (AvgIpc) is 2.63. The summed E-state index contributed by atoms with van der Waals surface area (Å²) in [7, 11) is 3.61. The van der Waals surface area contributed by atoms with E-state index in [-0.39, 0.29) is 6.04 Å². The molecule has 1 aromatic heterocycles. The van der Waals surface area contributed by atoms with Crippen molar-refractivity contribution in [2.45, 2.75) is 40.7 Å². The molecule has 0 amide bonds. The Morgan fingerprint density at radius 2 is 1.71 bits per heavy atom. The topological polar surface area (TPSA) is 56.3 Å². The van der Waals surface area contributed by atoms with Gasteiger partial charge >= 0.3 is 0 Å². The highest BCUT2D eigenvalue weighted by molar-refractivity contribution is 5.34. The maximum atomic E-state index is 6.12. The lowest BCUT2D eigenvalue weighted by Crippen LogP contribution is -2.39. The van der Waals surface area contributed by atoms with Crippen molar-refractivity contribution in [3.8, 4) is 5.88 Å². The summed E-state index contributed by atoms with van der Waals surface area (Å²) in [4.78, 5) is 2.47. The Morgan fingerprint density at radius 3 is 2.10 bits per heavy atom. The van der Waals surface area contributed by atoms with E-state index in [2.05, 4.69) is 37.7 Å². The van der Waals surface area contributed by atoms with Crippen molar-refractivity contribution in [1.82, 2.24) is 14.7 Å². The Morgan fingerprint density at radius 1 is 1.19 bits per heavy atom. The molecule has 21 heavy (non-hydrogen) atoms. The van der Waals surface area contributed by atoms with Gasteiger partial charge in [0.1, 0.15) is 0 Å². The van der Waals surface area contributed by atoms with E-state index in [9.17, 15) is 0 Å². The summed E-state index contributed by atoms with van der Waals surface area (Å²) >= 11 is 0. The van der Waals surface area contributed by atoms with Crippen LogP contribution in [0.25, 0.3) is 0 Å². The summed E-state index contributed by atoms with van der Waals surface area (Å²) in [5, 5.41) is 4.50. The number of hydrogen-bond acceptors (Lipinski definition) is 4. The molecule has 2 N–H and O–H groups in total. The molecule has 5 heteroatoms. The normalized spacial score (nSPS) is 13.5. The fourth-order valence-electron chi connectivity index (χ4n) is 3.00. The minimum atomic E-state index is 0.151. The Kier molecular flexibility index (Phi) is 6.68. The standard InChI is InChI=1S/C16H32N4O/c1-11(2)9-20(10-12(3)4)14(8-17)15-13(5)18-19(6)16(15)21-7/h11-12,14H,8-10,17H2,1-7H3. The van der Waals surface area contributed by atoms with E-state index in [1.54, 1.807) is 11.8 Å². The number of ether oxygens (including phenoxy) is 1. The van der Waals surface area contributed by atoms with Gasteiger partial charge in [0, 0.05) is 26.7 Å². The zero-order valence-electron chi connectivity index (χ0n) is 14.7. The predicted octanol–water partition coefficient (Wildman–Crippen LogP) is 2.35. The van der Waals surface area contributed by atoms with Crippen LogP contribution in [0.2, 0.25) is 0 Å². The number of nitrogens with zero attached hydrogens (tertiary/aromatic N) is 3. The second-order valence-corrected chi connectivity index (χ2v) is 6.63. The number of aryl methyl sites for hydroxylation is 2. The number of aromatic nitrogens is 2. The van der Waals surface area contributed by atoms with E-state index in [1.165, 1.54) is 0 Å². The summed E-state index contributed by atoms with van der Waals surface area (Å²) in [5.41, 5.74) is 8.26. The van der Waals surface area contributed by atoms with Gasteiger partial charge in [0.05, 0.1) is 24.4 Å². The lowest BCUT2D eigenvalue weighted by Gasteiger charge is -2.34. The second kappa shape index (κ2) is 7.80. The molecule has 0 aliphatic heterocycles. The Bertz CT molecular complexity index is 430. The van der Waals surface area contributed by atoms with Crippen LogP contribution in [0.15, 0.2) is 0 Å². The van der Waals surface area contributed by atoms with Gasteiger partial charge in [-0.05, 0) is 18.8 Å². The smallest absolute Gasteiger partial charge is 0.216 e. The van der Waals surface area contributed by atoms with Crippen molar-refractivity contribution in [3.05, 3.63) is 11.3 Å². The van der Waals surface area contributed by atoms with Crippen molar-refractivity contribution in [2.75, 3.05) is 26.7 Å². The molecule has 1 heterocycles. The molecule has 1 aromatic rings. The molecule has 1 atom stereocenters. The first-order valence-corrected chi connectivity index (χ1v) is 7.83. The third kappa shape index (κ3) is 4.45. The van der Waals surface area contributed by atoms with E-state index >= 15 is 0 Å². The largest absolute Gasteiger partial charge is 0.481 e. The summed E-state index contributed by atoms with van der Waals surface area (Å²) < 4.78 is 7.36. The minimum Gasteiger partial charge on any atom is -0.481 e. The number of rotatable bonds is 8. The van der Waals surface area contributed by atoms with Crippen LogP contribution in [0.1, 0.15) is 45.0 Å². The quantitative estimate of drug-likeness (QED) is 0.800. The third-order valence-corrected chi connectivity index (χ3v) is 3.60. The molecule has 122 valence electrons. The van der Waals surface area contributed by atoms with Crippen LogP contribution in [-0.2, 0) is 7.05 Å². The summed E-state index contributed by atoms with van der Waals surface area (Å²) in [6.07, 6.45) is 0. The fourth-order valence-corrected chi connectivity index (χ4v) is 3.00. The van der Waals surface area contributed by atoms with E-state index in [4.69, 9.17) is 10.5 Å². The van der Waals surface area contributed by atoms with Gasteiger partial charge in [-0.3, -0.25) is 4.90 Å². The summed E-state index contributed by atoms with van der Waals surface area (Å²) in [6, 6.07) is 0.151. The number of nitrogens with two attached hydrogens (primary N) is 1. The molecule has 0 spiro atoms. The van der Waals surface area contributed by atoms with Crippen molar-refractivity contribution in [2.24, 2.45) is 24.6 Å². The summed E-state index contributed by atoms with van der Waals surface area (Å²) in [6.45, 7) is 13.6. The summed E-state index contributed by atoms with van der Waals surface area (Å²) in [5.74, 6) is 2.02. The van der Waals surface area contributed by atoms with Crippen LogP contribution in [0.4, 0.5) is 0 Å². The second-order valence-electron chi connectivity index (χ2n) is 6.63. The highest BCUT2D eigenvalue weighted by atomic mass is 16.5. The van der Waals surface area contributed by atoms with Gasteiger partial charge in [-0.25, -0.2) is 4.68 Å². The third-order valence-electron chi connectivity index (χ3n) is 3.60. The number of hydrogen-bond donors (Lipinski definition) is 1. The molecule has 0 saturated carbocycles. The van der Waals surface area contributed by atoms with Crippen molar-refractivity contribution in [1.29, 1.82) is 0 Å². The zero-order chi connectivity index (χ0) is 16.2. The Labute approximate surface area is 129 Å². The van der Waals surface area contributed by atoms with Gasteiger partial charge in [-0.2, -0.15) is 5.10 Å². The SMILES string of the molecule is COc1c(C(CN)N(CC(C)C)CC(C)C)c(C)nn1C. The van der Waals surface area contributed by atoms with Gasteiger partial charge < -0.3 is 10.5 Å². The Balaban J connectivity index is 3.18. The van der Waals surface area contributed by atoms with Crippen LogP contribution in [0.5, 0.6) is 5.88 Å². The minimum absolute atomic E-state index is 0.151. The van der Waals surface area contributed by atoms with Gasteiger partial charge in [0.2, 0.25) is 5.88 Å². The molecule has 5 nitrogen and oxygen atoms in total. The van der Waals surface area contributed by atoms with Crippen LogP contribution in [0, 0.1) is 18.8 Å². The van der Waals surface area contributed by atoms with Gasteiger partial charge in [-0.1, -0.05) is 27.7 Å². The average molecular weight is 296 g/mol. The zero-order valence-corrected chi connectivity index (χ0v) is 14.7. The lowest BCUT2D eigenvalue weighted by molar-refractivity contribution is 0.157. The predicted molar refractivity (Wildman–Crippen MR) is 87.5 cm³/mol. The van der Waals surface area contributed by atoms with Gasteiger partial charge in [0.15, 0.2) is 0 Å². The van der Waals surface area contributed by atoms with Gasteiger partial charge in [-0.15, -0.1) is 0 Å².